The molecule has 3 heterocycles. The number of aromatic nitrogens is 1. The summed E-state index contributed by atoms with van der Waals surface area (Å²) in [7, 11) is -0.173. The molecule has 2 fully saturated rings. The predicted molar refractivity (Wildman–Crippen MR) is 120 cm³/mol. The lowest BCUT2D eigenvalue weighted by atomic mass is 10.1. The molecule has 0 radical (unpaired) electrons. The van der Waals surface area contributed by atoms with Crippen LogP contribution in [0.2, 0.25) is 0 Å². The van der Waals surface area contributed by atoms with Crippen LogP contribution in [0.15, 0.2) is 41.4 Å². The number of sulfonamides is 1. The molecule has 0 saturated carbocycles. The molecule has 174 valence electrons. The second-order valence-corrected chi connectivity index (χ2v) is 10.0. The van der Waals surface area contributed by atoms with Gasteiger partial charge in [0.15, 0.2) is 0 Å². The first kappa shape index (κ1) is 22.8. The summed E-state index contributed by atoms with van der Waals surface area (Å²) in [5.41, 5.74) is 1.54. The van der Waals surface area contributed by atoms with Gasteiger partial charge in [0.1, 0.15) is 5.75 Å². The topological polar surface area (TPSA) is 93.1 Å². The first-order valence-electron chi connectivity index (χ1n) is 10.8. The van der Waals surface area contributed by atoms with E-state index in [0.717, 1.165) is 19.4 Å². The van der Waals surface area contributed by atoms with Gasteiger partial charge in [-0.3, -0.25) is 9.69 Å². The van der Waals surface area contributed by atoms with E-state index in [0.29, 0.717) is 37.7 Å². The Morgan fingerprint density at radius 2 is 2.00 bits per heavy atom. The molecule has 2 aromatic rings. The quantitative estimate of drug-likeness (QED) is 0.675. The van der Waals surface area contributed by atoms with Gasteiger partial charge in [-0.1, -0.05) is 0 Å². The third kappa shape index (κ3) is 4.68. The van der Waals surface area contributed by atoms with Gasteiger partial charge in [0, 0.05) is 32.0 Å². The van der Waals surface area contributed by atoms with Gasteiger partial charge in [-0.15, -0.1) is 0 Å². The minimum Gasteiger partial charge on any atom is -0.495 e. The molecule has 0 unspecified atom stereocenters. The molecule has 1 amide bonds. The van der Waals surface area contributed by atoms with Crippen molar-refractivity contribution in [3.8, 4) is 5.75 Å². The van der Waals surface area contributed by atoms with Crippen molar-refractivity contribution in [1.82, 2.24) is 13.8 Å². The van der Waals surface area contributed by atoms with Crippen LogP contribution in [0.5, 0.6) is 5.75 Å². The van der Waals surface area contributed by atoms with E-state index in [1.807, 2.05) is 19.3 Å². The van der Waals surface area contributed by atoms with Crippen molar-refractivity contribution >= 4 is 21.6 Å². The van der Waals surface area contributed by atoms with E-state index in [4.69, 9.17) is 9.47 Å². The maximum atomic E-state index is 13.0. The fourth-order valence-electron chi connectivity index (χ4n) is 4.43. The molecule has 2 aliphatic heterocycles. The minimum atomic E-state index is -3.68. The van der Waals surface area contributed by atoms with Crippen LogP contribution >= 0.6 is 0 Å². The van der Waals surface area contributed by atoms with Gasteiger partial charge in [0.25, 0.3) is 0 Å². The number of methoxy groups -OCH3 is 1. The Labute approximate surface area is 188 Å². The molecule has 2 aliphatic rings. The molecule has 1 aromatic carbocycles. The molecule has 1 N–H and O–H groups in total. The molecule has 10 heteroatoms. The van der Waals surface area contributed by atoms with Crippen LogP contribution in [0.4, 0.5) is 5.69 Å². The van der Waals surface area contributed by atoms with Crippen molar-refractivity contribution < 1.29 is 22.7 Å². The molecule has 9 nitrogen and oxygen atoms in total. The zero-order chi connectivity index (χ0) is 22.7. The molecular weight excluding hydrogens is 432 g/mol. The van der Waals surface area contributed by atoms with E-state index in [9.17, 15) is 13.2 Å². The summed E-state index contributed by atoms with van der Waals surface area (Å²) in [6, 6.07) is 8.84. The molecule has 32 heavy (non-hydrogen) atoms. The number of benzene rings is 1. The van der Waals surface area contributed by atoms with Crippen molar-refractivity contribution in [1.29, 1.82) is 0 Å². The van der Waals surface area contributed by atoms with Gasteiger partial charge >= 0.3 is 0 Å². The second-order valence-electron chi connectivity index (χ2n) is 8.10. The lowest BCUT2D eigenvalue weighted by Gasteiger charge is -2.26. The maximum Gasteiger partial charge on any atom is 0.243 e. The smallest absolute Gasteiger partial charge is 0.243 e. The fraction of sp³-hybridized carbons (Fsp3) is 0.500. The Kier molecular flexibility index (Phi) is 6.85. The number of carbonyl (C=O) groups excluding carboxylic acids is 1. The number of rotatable bonds is 7. The summed E-state index contributed by atoms with van der Waals surface area (Å²) in [6.45, 7) is 2.43. The van der Waals surface area contributed by atoms with E-state index in [-0.39, 0.29) is 23.4 Å². The maximum absolute atomic E-state index is 13.0. The molecule has 2 saturated heterocycles. The number of hydrogen-bond acceptors (Lipinski definition) is 6. The molecule has 0 aliphatic carbocycles. The Morgan fingerprint density at radius 3 is 2.69 bits per heavy atom. The Balaban J connectivity index is 1.50. The molecule has 0 bridgehead atoms. The number of anilines is 1. The molecule has 4 rings (SSSR count). The minimum absolute atomic E-state index is 0.123. The van der Waals surface area contributed by atoms with Crippen LogP contribution in [-0.2, 0) is 26.6 Å². The zero-order valence-corrected chi connectivity index (χ0v) is 19.3. The average molecular weight is 463 g/mol. The second kappa shape index (κ2) is 9.62. The Morgan fingerprint density at radius 1 is 1.22 bits per heavy atom. The van der Waals surface area contributed by atoms with Crippen molar-refractivity contribution in [2.45, 2.75) is 23.8 Å². The number of amides is 1. The van der Waals surface area contributed by atoms with Crippen LogP contribution < -0.4 is 10.1 Å². The molecule has 1 aromatic heterocycles. The standard InChI is InChI=1S/C22H30N4O5S/c1-24-9-3-5-19(24)20-6-4-10-25(20)16-22(27)23-18-15-17(7-8-21(18)30-2)32(28,29)26-11-13-31-14-12-26/h3,5,7-9,15,20H,4,6,10-14,16H2,1-2H3,(H,23,27)/t20-/m1/s1. The van der Waals surface area contributed by atoms with E-state index >= 15 is 0 Å². The van der Waals surface area contributed by atoms with Gasteiger partial charge in [-0.05, 0) is 49.7 Å². The third-order valence-electron chi connectivity index (χ3n) is 6.09. The van der Waals surface area contributed by atoms with Crippen LogP contribution in [0.3, 0.4) is 0 Å². The summed E-state index contributed by atoms with van der Waals surface area (Å²) < 4.78 is 40.1. The highest BCUT2D eigenvalue weighted by Gasteiger charge is 2.30. The van der Waals surface area contributed by atoms with Gasteiger partial charge in [-0.2, -0.15) is 4.31 Å². The number of likely N-dealkylation sites (tertiary alicyclic amines) is 1. The van der Waals surface area contributed by atoms with Gasteiger partial charge in [0.2, 0.25) is 15.9 Å². The SMILES string of the molecule is COc1ccc(S(=O)(=O)N2CCOCC2)cc1NC(=O)CN1CCC[C@@H]1c1cccn1C. The van der Waals surface area contributed by atoms with Crippen LogP contribution in [0.1, 0.15) is 24.6 Å². The van der Waals surface area contributed by atoms with Crippen molar-refractivity contribution in [2.75, 3.05) is 51.8 Å². The number of nitrogens with one attached hydrogen (secondary N) is 1. The summed E-state index contributed by atoms with van der Waals surface area (Å²) in [5.74, 6) is 0.213. The van der Waals surface area contributed by atoms with Crippen molar-refractivity contribution in [3.05, 3.63) is 42.2 Å². The number of carbonyl (C=O) groups is 1. The van der Waals surface area contributed by atoms with E-state index < -0.39 is 10.0 Å². The summed E-state index contributed by atoms with van der Waals surface area (Å²) in [6.07, 6.45) is 4.04. The summed E-state index contributed by atoms with van der Waals surface area (Å²) >= 11 is 0. The van der Waals surface area contributed by atoms with E-state index in [1.165, 1.54) is 29.2 Å². The van der Waals surface area contributed by atoms with Gasteiger partial charge < -0.3 is 19.4 Å². The summed E-state index contributed by atoms with van der Waals surface area (Å²) in [4.78, 5) is 15.2. The lowest BCUT2D eigenvalue weighted by Crippen LogP contribution is -2.40. The normalized spacial score (nSPS) is 20.4. The van der Waals surface area contributed by atoms with Crippen LogP contribution in [-0.4, -0.2) is 74.6 Å². The highest BCUT2D eigenvalue weighted by Crippen LogP contribution is 2.32. The van der Waals surface area contributed by atoms with Gasteiger partial charge in [0.05, 0.1) is 43.5 Å². The summed E-state index contributed by atoms with van der Waals surface area (Å²) in [5, 5.41) is 2.86. The van der Waals surface area contributed by atoms with Crippen LogP contribution in [0.25, 0.3) is 0 Å². The highest BCUT2D eigenvalue weighted by molar-refractivity contribution is 7.89. The van der Waals surface area contributed by atoms with Crippen molar-refractivity contribution in [3.63, 3.8) is 0 Å². The first-order valence-corrected chi connectivity index (χ1v) is 12.2. The van der Waals surface area contributed by atoms with E-state index in [1.54, 1.807) is 6.07 Å². The van der Waals surface area contributed by atoms with Crippen molar-refractivity contribution in [2.24, 2.45) is 7.05 Å². The average Bonchev–Trinajstić information content (AvgIpc) is 3.42. The number of ether oxygens (including phenoxy) is 2. The number of aryl methyl sites for hydroxylation is 1. The van der Waals surface area contributed by atoms with E-state index in [2.05, 4.69) is 20.9 Å². The first-order chi connectivity index (χ1) is 15.4. The predicted octanol–water partition coefficient (Wildman–Crippen LogP) is 1.83. The Hall–Kier alpha value is -2.40. The lowest BCUT2D eigenvalue weighted by molar-refractivity contribution is -0.117. The monoisotopic (exact) mass is 462 g/mol. The fourth-order valence-corrected chi connectivity index (χ4v) is 5.86. The number of hydrogen-bond donors (Lipinski definition) is 1. The Bertz CT molecular complexity index is 1060. The zero-order valence-electron chi connectivity index (χ0n) is 18.5. The number of morpholine rings is 1. The third-order valence-corrected chi connectivity index (χ3v) is 7.98. The molecule has 0 spiro atoms. The molecule has 1 atom stereocenters. The largest absolute Gasteiger partial charge is 0.495 e. The molecular formula is C22H30N4O5S. The number of nitrogens with zero attached hydrogens (tertiary/aromatic N) is 3. The van der Waals surface area contributed by atoms with Crippen LogP contribution in [0, 0.1) is 0 Å². The highest BCUT2D eigenvalue weighted by atomic mass is 32.2. The van der Waals surface area contributed by atoms with Gasteiger partial charge in [-0.25, -0.2) is 8.42 Å².